The SMILES string of the molecule is CC1=C(C)C(C)C(/C=N/NC(=O)Nc2ccccc2)C(COCc2ccccc2)C1. The highest BCUT2D eigenvalue weighted by Gasteiger charge is 2.32. The van der Waals surface area contributed by atoms with Crippen molar-refractivity contribution in [3.63, 3.8) is 0 Å². The first-order valence-corrected chi connectivity index (χ1v) is 10.5. The number of nitrogens with zero attached hydrogens (tertiary/aromatic N) is 1. The number of nitrogens with one attached hydrogen (secondary N) is 2. The van der Waals surface area contributed by atoms with Gasteiger partial charge < -0.3 is 10.1 Å². The highest BCUT2D eigenvalue weighted by atomic mass is 16.5. The average molecular weight is 406 g/mol. The van der Waals surface area contributed by atoms with Crippen LogP contribution in [0.1, 0.15) is 32.8 Å². The molecule has 3 atom stereocenters. The number of anilines is 1. The number of ether oxygens (including phenoxy) is 1. The quantitative estimate of drug-likeness (QED) is 0.357. The maximum Gasteiger partial charge on any atom is 0.339 e. The van der Waals surface area contributed by atoms with Gasteiger partial charge in [0.2, 0.25) is 0 Å². The van der Waals surface area contributed by atoms with Crippen molar-refractivity contribution in [2.45, 2.75) is 33.8 Å². The fourth-order valence-electron chi connectivity index (χ4n) is 3.96. The van der Waals surface area contributed by atoms with Gasteiger partial charge in [-0.1, -0.05) is 66.6 Å². The molecule has 1 aliphatic carbocycles. The molecule has 0 spiro atoms. The molecule has 0 bridgehead atoms. The Kier molecular flexibility index (Phi) is 7.80. The van der Waals surface area contributed by atoms with Gasteiger partial charge in [0.05, 0.1) is 13.2 Å². The Morgan fingerprint density at radius 2 is 1.77 bits per heavy atom. The normalized spacial score (nSPS) is 21.6. The summed E-state index contributed by atoms with van der Waals surface area (Å²) in [5, 5.41) is 7.02. The standard InChI is InChI=1S/C25H31N3O2/c1-18-14-22(17-30-16-21-10-6-4-7-11-21)24(20(3)19(18)2)15-26-28-25(29)27-23-12-8-5-9-13-23/h4-13,15,20,22,24H,14,16-17H2,1-3H3,(H2,27,28,29)/b26-15+. The van der Waals surface area contributed by atoms with Crippen LogP contribution >= 0.6 is 0 Å². The molecule has 0 saturated carbocycles. The van der Waals surface area contributed by atoms with Gasteiger partial charge in [0.15, 0.2) is 0 Å². The Bertz CT molecular complexity index is 878. The number of hydrogen-bond acceptors (Lipinski definition) is 3. The molecule has 158 valence electrons. The van der Waals surface area contributed by atoms with Crippen molar-refractivity contribution in [2.24, 2.45) is 22.9 Å². The van der Waals surface area contributed by atoms with E-state index in [1.54, 1.807) is 0 Å². The van der Waals surface area contributed by atoms with Gasteiger partial charge in [0.1, 0.15) is 0 Å². The van der Waals surface area contributed by atoms with E-state index >= 15 is 0 Å². The first-order valence-electron chi connectivity index (χ1n) is 10.5. The summed E-state index contributed by atoms with van der Waals surface area (Å²) < 4.78 is 6.04. The highest BCUT2D eigenvalue weighted by Crippen LogP contribution is 2.37. The summed E-state index contributed by atoms with van der Waals surface area (Å²) >= 11 is 0. The summed E-state index contributed by atoms with van der Waals surface area (Å²) in [7, 11) is 0. The first kappa shape index (κ1) is 21.8. The van der Waals surface area contributed by atoms with Crippen molar-refractivity contribution >= 4 is 17.9 Å². The van der Waals surface area contributed by atoms with E-state index in [2.05, 4.69) is 48.7 Å². The lowest BCUT2D eigenvalue weighted by Gasteiger charge is -2.35. The molecule has 3 rings (SSSR count). The molecule has 3 unspecified atom stereocenters. The number of carbonyl (C=O) groups excluding carboxylic acids is 1. The molecule has 0 saturated heterocycles. The third kappa shape index (κ3) is 6.04. The molecule has 0 aromatic heterocycles. The lowest BCUT2D eigenvalue weighted by molar-refractivity contribution is 0.0674. The number of para-hydroxylation sites is 1. The molecule has 0 fully saturated rings. The van der Waals surface area contributed by atoms with E-state index in [1.165, 1.54) is 16.7 Å². The van der Waals surface area contributed by atoms with Crippen molar-refractivity contribution in [3.8, 4) is 0 Å². The molecule has 0 aliphatic heterocycles. The van der Waals surface area contributed by atoms with Crippen molar-refractivity contribution in [1.82, 2.24) is 5.43 Å². The first-order chi connectivity index (χ1) is 14.5. The molecule has 1 aliphatic rings. The third-order valence-electron chi connectivity index (χ3n) is 5.93. The van der Waals surface area contributed by atoms with E-state index < -0.39 is 0 Å². The average Bonchev–Trinajstić information content (AvgIpc) is 2.75. The Balaban J connectivity index is 1.58. The monoisotopic (exact) mass is 405 g/mol. The number of carbonyl (C=O) groups is 1. The zero-order chi connectivity index (χ0) is 21.3. The van der Waals surface area contributed by atoms with Gasteiger partial charge in [-0.3, -0.25) is 0 Å². The molecule has 5 nitrogen and oxygen atoms in total. The van der Waals surface area contributed by atoms with Crippen molar-refractivity contribution < 1.29 is 9.53 Å². The van der Waals surface area contributed by atoms with E-state index in [0.717, 1.165) is 12.1 Å². The van der Waals surface area contributed by atoms with Gasteiger partial charge >= 0.3 is 6.03 Å². The van der Waals surface area contributed by atoms with E-state index in [9.17, 15) is 4.79 Å². The van der Waals surface area contributed by atoms with Crippen LogP contribution in [0, 0.1) is 17.8 Å². The molecular weight excluding hydrogens is 374 g/mol. The second-order valence-corrected chi connectivity index (χ2v) is 8.00. The molecule has 2 N–H and O–H groups in total. The fraction of sp³-hybridized carbons (Fsp3) is 0.360. The molecule has 5 heteroatoms. The maximum atomic E-state index is 12.1. The predicted molar refractivity (Wildman–Crippen MR) is 122 cm³/mol. The van der Waals surface area contributed by atoms with Crippen LogP contribution in [0.3, 0.4) is 0 Å². The molecule has 2 amide bonds. The van der Waals surface area contributed by atoms with Crippen molar-refractivity contribution in [2.75, 3.05) is 11.9 Å². The van der Waals surface area contributed by atoms with Gasteiger partial charge in [0.25, 0.3) is 0 Å². The van der Waals surface area contributed by atoms with Gasteiger partial charge in [-0.15, -0.1) is 0 Å². The summed E-state index contributed by atoms with van der Waals surface area (Å²) in [4.78, 5) is 12.1. The second kappa shape index (κ2) is 10.7. The molecule has 2 aromatic rings. The Hall–Kier alpha value is -2.92. The number of allylic oxidation sites excluding steroid dienone is 2. The minimum atomic E-state index is -0.346. The van der Waals surface area contributed by atoms with Gasteiger partial charge in [-0.05, 0) is 49.8 Å². The van der Waals surface area contributed by atoms with Crippen molar-refractivity contribution in [1.29, 1.82) is 0 Å². The Labute approximate surface area is 179 Å². The Morgan fingerprint density at radius 1 is 1.10 bits per heavy atom. The van der Waals surface area contributed by atoms with Gasteiger partial charge in [-0.25, -0.2) is 10.2 Å². The lowest BCUT2D eigenvalue weighted by atomic mass is 9.71. The largest absolute Gasteiger partial charge is 0.376 e. The van der Waals surface area contributed by atoms with E-state index in [0.29, 0.717) is 25.0 Å². The summed E-state index contributed by atoms with van der Waals surface area (Å²) in [6.07, 6.45) is 2.86. The molecule has 2 aromatic carbocycles. The highest BCUT2D eigenvalue weighted by molar-refractivity contribution is 5.89. The van der Waals surface area contributed by atoms with E-state index in [4.69, 9.17) is 4.74 Å². The van der Waals surface area contributed by atoms with Crippen LogP contribution < -0.4 is 10.7 Å². The fourth-order valence-corrected chi connectivity index (χ4v) is 3.96. The van der Waals surface area contributed by atoms with E-state index in [-0.39, 0.29) is 11.9 Å². The number of rotatable bonds is 7. The van der Waals surface area contributed by atoms with Crippen molar-refractivity contribution in [3.05, 3.63) is 77.4 Å². The zero-order valence-corrected chi connectivity index (χ0v) is 18.0. The van der Waals surface area contributed by atoms with Crippen LogP contribution in [0.15, 0.2) is 76.9 Å². The number of hydrazone groups is 1. The van der Waals surface area contributed by atoms with Gasteiger partial charge in [-0.2, -0.15) is 5.10 Å². The minimum absolute atomic E-state index is 0.210. The molecular formula is C25H31N3O2. The number of amides is 2. The van der Waals surface area contributed by atoms with E-state index in [1.807, 2.05) is 54.7 Å². The smallest absolute Gasteiger partial charge is 0.339 e. The summed E-state index contributed by atoms with van der Waals surface area (Å²) in [6.45, 7) is 7.89. The Morgan fingerprint density at radius 3 is 2.47 bits per heavy atom. The summed E-state index contributed by atoms with van der Waals surface area (Å²) in [6, 6.07) is 19.2. The van der Waals surface area contributed by atoms with Crippen LogP contribution in [0.5, 0.6) is 0 Å². The number of urea groups is 1. The predicted octanol–water partition coefficient (Wildman–Crippen LogP) is 5.62. The minimum Gasteiger partial charge on any atom is -0.376 e. The van der Waals surface area contributed by atoms with Crippen LogP contribution in [0.25, 0.3) is 0 Å². The third-order valence-corrected chi connectivity index (χ3v) is 5.93. The molecule has 0 radical (unpaired) electrons. The van der Waals surface area contributed by atoms with Gasteiger partial charge in [0, 0.05) is 17.8 Å². The second-order valence-electron chi connectivity index (χ2n) is 8.00. The summed E-state index contributed by atoms with van der Waals surface area (Å²) in [5.74, 6) is 0.892. The van der Waals surface area contributed by atoms with Crippen LogP contribution in [0.4, 0.5) is 10.5 Å². The number of benzene rings is 2. The lowest BCUT2D eigenvalue weighted by Crippen LogP contribution is -2.33. The zero-order valence-electron chi connectivity index (χ0n) is 18.0. The molecule has 30 heavy (non-hydrogen) atoms. The van der Waals surface area contributed by atoms with Crippen LogP contribution in [0.2, 0.25) is 0 Å². The van der Waals surface area contributed by atoms with Crippen LogP contribution in [-0.2, 0) is 11.3 Å². The number of hydrogen-bond donors (Lipinski definition) is 2. The summed E-state index contributed by atoms with van der Waals surface area (Å²) in [5.41, 5.74) is 7.33. The molecule has 0 heterocycles. The van der Waals surface area contributed by atoms with Crippen LogP contribution in [-0.4, -0.2) is 18.9 Å². The topological polar surface area (TPSA) is 62.7 Å². The maximum absolute atomic E-state index is 12.1.